The summed E-state index contributed by atoms with van der Waals surface area (Å²) < 4.78 is 0.775. The first-order valence-electron chi connectivity index (χ1n) is 3.88. The Morgan fingerprint density at radius 3 is 2.71 bits per heavy atom. The Morgan fingerprint density at radius 1 is 1.57 bits per heavy atom. The zero-order chi connectivity index (χ0) is 10.7. The van der Waals surface area contributed by atoms with E-state index in [1.807, 2.05) is 6.92 Å². The molecule has 0 heterocycles. The number of hydrogen-bond donors (Lipinski definition) is 0. The Kier molecular flexibility index (Phi) is 4.77. The smallest absolute Gasteiger partial charge is 0.253 e. The number of halogens is 3. The van der Waals surface area contributed by atoms with Crippen molar-refractivity contribution in [1.82, 2.24) is 0 Å². The van der Waals surface area contributed by atoms with Crippen LogP contribution in [0.1, 0.15) is 17.3 Å². The summed E-state index contributed by atoms with van der Waals surface area (Å²) >= 11 is 16.3. The highest BCUT2D eigenvalue weighted by molar-refractivity contribution is 9.10. The van der Waals surface area contributed by atoms with Crippen LogP contribution >= 0.6 is 50.9 Å². The van der Waals surface area contributed by atoms with E-state index in [1.165, 1.54) is 11.8 Å². The summed E-state index contributed by atoms with van der Waals surface area (Å²) in [6, 6.07) is 3.39. The molecule has 1 rings (SSSR count). The molecule has 0 aliphatic heterocycles. The monoisotopic (exact) mass is 312 g/mol. The third kappa shape index (κ3) is 2.66. The van der Waals surface area contributed by atoms with Crippen LogP contribution in [-0.4, -0.2) is 11.0 Å². The standard InChI is InChI=1S/C9H7BrCl2OS/c1-2-14-8-5(9(12)13)3-4-6(10)7(8)11/h3-4H,2H2,1H3. The molecule has 0 N–H and O–H groups in total. The Bertz CT molecular complexity index is 368. The van der Waals surface area contributed by atoms with Crippen LogP contribution in [-0.2, 0) is 0 Å². The molecule has 5 heteroatoms. The van der Waals surface area contributed by atoms with E-state index in [0.29, 0.717) is 10.6 Å². The first-order valence-corrected chi connectivity index (χ1v) is 6.42. The molecular weight excluding hydrogens is 307 g/mol. The van der Waals surface area contributed by atoms with Crippen LogP contribution in [0, 0.1) is 0 Å². The molecule has 0 radical (unpaired) electrons. The first-order chi connectivity index (χ1) is 6.57. The van der Waals surface area contributed by atoms with Gasteiger partial charge in [-0.1, -0.05) is 18.5 Å². The maximum atomic E-state index is 11.1. The number of hydrogen-bond acceptors (Lipinski definition) is 2. The van der Waals surface area contributed by atoms with Gasteiger partial charge in [-0.25, -0.2) is 0 Å². The highest BCUT2D eigenvalue weighted by atomic mass is 79.9. The van der Waals surface area contributed by atoms with Gasteiger partial charge in [-0.05, 0) is 45.4 Å². The van der Waals surface area contributed by atoms with Gasteiger partial charge in [0.05, 0.1) is 5.02 Å². The maximum absolute atomic E-state index is 11.1. The van der Waals surface area contributed by atoms with Gasteiger partial charge in [-0.2, -0.15) is 0 Å². The fourth-order valence-corrected chi connectivity index (χ4v) is 2.82. The van der Waals surface area contributed by atoms with E-state index in [-0.39, 0.29) is 0 Å². The molecule has 0 saturated heterocycles. The quantitative estimate of drug-likeness (QED) is 0.599. The molecule has 0 atom stereocenters. The Labute approximate surface area is 105 Å². The van der Waals surface area contributed by atoms with Crippen LogP contribution in [0.4, 0.5) is 0 Å². The molecule has 1 aromatic rings. The first kappa shape index (κ1) is 12.4. The van der Waals surface area contributed by atoms with Crippen molar-refractivity contribution in [3.8, 4) is 0 Å². The van der Waals surface area contributed by atoms with Gasteiger partial charge in [0.25, 0.3) is 5.24 Å². The zero-order valence-corrected chi connectivity index (χ0v) is 11.2. The van der Waals surface area contributed by atoms with Gasteiger partial charge >= 0.3 is 0 Å². The minimum absolute atomic E-state index is 0.465. The van der Waals surface area contributed by atoms with Crippen molar-refractivity contribution >= 4 is 56.1 Å². The minimum Gasteiger partial charge on any atom is -0.276 e. The number of carbonyl (C=O) groups excluding carboxylic acids is 1. The molecule has 0 unspecified atom stereocenters. The van der Waals surface area contributed by atoms with Gasteiger partial charge in [-0.3, -0.25) is 4.79 Å². The summed E-state index contributed by atoms with van der Waals surface area (Å²) in [4.78, 5) is 11.8. The van der Waals surface area contributed by atoms with Gasteiger partial charge < -0.3 is 0 Å². The van der Waals surface area contributed by atoms with Crippen molar-refractivity contribution in [2.75, 3.05) is 5.75 Å². The van der Waals surface area contributed by atoms with Crippen molar-refractivity contribution in [3.05, 3.63) is 27.2 Å². The summed E-state index contributed by atoms with van der Waals surface area (Å²) in [6.07, 6.45) is 0. The van der Waals surface area contributed by atoms with Crippen LogP contribution in [0.5, 0.6) is 0 Å². The average molecular weight is 314 g/mol. The summed E-state index contributed by atoms with van der Waals surface area (Å²) in [6.45, 7) is 1.99. The molecule has 0 aromatic heterocycles. The number of carbonyl (C=O) groups is 1. The Balaban J connectivity index is 3.29. The Hall–Kier alpha value is 0.300. The zero-order valence-electron chi connectivity index (χ0n) is 7.31. The normalized spacial score (nSPS) is 10.3. The molecule has 0 aliphatic carbocycles. The van der Waals surface area contributed by atoms with Gasteiger partial charge in [-0.15, -0.1) is 11.8 Å². The lowest BCUT2D eigenvalue weighted by atomic mass is 10.2. The van der Waals surface area contributed by atoms with Gasteiger partial charge in [0.2, 0.25) is 0 Å². The minimum atomic E-state index is -0.477. The molecule has 14 heavy (non-hydrogen) atoms. The van der Waals surface area contributed by atoms with Crippen molar-refractivity contribution in [2.45, 2.75) is 11.8 Å². The van der Waals surface area contributed by atoms with Crippen molar-refractivity contribution < 1.29 is 4.79 Å². The highest BCUT2D eigenvalue weighted by Crippen LogP contribution is 2.36. The van der Waals surface area contributed by atoms with Crippen LogP contribution in [0.15, 0.2) is 21.5 Å². The summed E-state index contributed by atoms with van der Waals surface area (Å²) in [7, 11) is 0. The topological polar surface area (TPSA) is 17.1 Å². The lowest BCUT2D eigenvalue weighted by Crippen LogP contribution is -1.94. The molecular formula is C9H7BrCl2OS. The van der Waals surface area contributed by atoms with E-state index in [9.17, 15) is 4.79 Å². The second kappa shape index (κ2) is 5.40. The summed E-state index contributed by atoms with van der Waals surface area (Å²) in [5.74, 6) is 0.841. The molecule has 0 amide bonds. The third-order valence-electron chi connectivity index (χ3n) is 1.55. The maximum Gasteiger partial charge on any atom is 0.253 e. The summed E-state index contributed by atoms with van der Waals surface area (Å²) in [5, 5.41) is 0.0682. The van der Waals surface area contributed by atoms with Crippen molar-refractivity contribution in [3.63, 3.8) is 0 Å². The van der Waals surface area contributed by atoms with Crippen LogP contribution in [0.3, 0.4) is 0 Å². The molecule has 0 bridgehead atoms. The third-order valence-corrected chi connectivity index (χ3v) is 4.15. The molecule has 1 nitrogen and oxygen atoms in total. The van der Waals surface area contributed by atoms with Crippen LogP contribution in [0.25, 0.3) is 0 Å². The molecule has 0 aliphatic rings. The van der Waals surface area contributed by atoms with Gasteiger partial charge in [0, 0.05) is 14.9 Å². The largest absolute Gasteiger partial charge is 0.276 e. The molecule has 0 saturated carbocycles. The van der Waals surface area contributed by atoms with E-state index in [4.69, 9.17) is 23.2 Å². The lowest BCUT2D eigenvalue weighted by Gasteiger charge is -2.08. The van der Waals surface area contributed by atoms with Gasteiger partial charge in [0.15, 0.2) is 0 Å². The van der Waals surface area contributed by atoms with E-state index in [1.54, 1.807) is 12.1 Å². The lowest BCUT2D eigenvalue weighted by molar-refractivity contribution is 0.107. The van der Waals surface area contributed by atoms with Gasteiger partial charge in [0.1, 0.15) is 0 Å². The fraction of sp³-hybridized carbons (Fsp3) is 0.222. The van der Waals surface area contributed by atoms with E-state index in [0.717, 1.165) is 15.1 Å². The number of rotatable bonds is 3. The number of benzene rings is 1. The van der Waals surface area contributed by atoms with Crippen LogP contribution < -0.4 is 0 Å². The Morgan fingerprint density at radius 2 is 2.21 bits per heavy atom. The average Bonchev–Trinajstić information content (AvgIpc) is 2.13. The van der Waals surface area contributed by atoms with E-state index >= 15 is 0 Å². The van der Waals surface area contributed by atoms with Crippen LogP contribution in [0.2, 0.25) is 5.02 Å². The van der Waals surface area contributed by atoms with E-state index in [2.05, 4.69) is 15.9 Å². The molecule has 0 spiro atoms. The molecule has 1 aromatic carbocycles. The fourth-order valence-electron chi connectivity index (χ4n) is 0.972. The highest BCUT2D eigenvalue weighted by Gasteiger charge is 2.14. The summed E-state index contributed by atoms with van der Waals surface area (Å²) in [5.41, 5.74) is 0.465. The van der Waals surface area contributed by atoms with Crippen molar-refractivity contribution in [1.29, 1.82) is 0 Å². The predicted molar refractivity (Wildman–Crippen MR) is 65.7 cm³/mol. The number of thioether (sulfide) groups is 1. The predicted octanol–water partition coefficient (Wildman–Crippen LogP) is 4.59. The molecule has 76 valence electrons. The SMILES string of the molecule is CCSc1c(C(=O)Cl)ccc(Br)c1Cl. The molecule has 0 fully saturated rings. The second-order valence-corrected chi connectivity index (χ2v) is 5.29. The van der Waals surface area contributed by atoms with E-state index < -0.39 is 5.24 Å². The second-order valence-electron chi connectivity index (χ2n) is 2.44. The van der Waals surface area contributed by atoms with Crippen molar-refractivity contribution in [2.24, 2.45) is 0 Å².